The van der Waals surface area contributed by atoms with Gasteiger partial charge in [-0.1, -0.05) is 35.5 Å². The molecule has 0 radical (unpaired) electrons. The van der Waals surface area contributed by atoms with E-state index in [4.69, 9.17) is 4.52 Å². The van der Waals surface area contributed by atoms with Crippen LogP contribution in [-0.4, -0.2) is 58.9 Å². The minimum Gasteiger partial charge on any atom is -0.361 e. The van der Waals surface area contributed by atoms with Gasteiger partial charge in [0.1, 0.15) is 5.76 Å². The van der Waals surface area contributed by atoms with Crippen molar-refractivity contribution >= 4 is 17.7 Å². The normalized spacial score (nSPS) is 18.5. The summed E-state index contributed by atoms with van der Waals surface area (Å²) in [6, 6.07) is 11.0. The number of aryl methyl sites for hydroxylation is 1. The van der Waals surface area contributed by atoms with E-state index in [0.29, 0.717) is 38.4 Å². The zero-order valence-electron chi connectivity index (χ0n) is 17.5. The highest BCUT2D eigenvalue weighted by atomic mass is 16.5. The third-order valence-corrected chi connectivity index (χ3v) is 5.23. The van der Waals surface area contributed by atoms with Gasteiger partial charge in [0.25, 0.3) is 0 Å². The fraction of sp³-hybridized carbons (Fsp3) is 0.455. The summed E-state index contributed by atoms with van der Waals surface area (Å²) in [6.45, 7) is 5.05. The van der Waals surface area contributed by atoms with Gasteiger partial charge >= 0.3 is 0 Å². The van der Waals surface area contributed by atoms with Crippen LogP contribution in [0, 0.1) is 6.92 Å². The van der Waals surface area contributed by atoms with E-state index < -0.39 is 0 Å². The van der Waals surface area contributed by atoms with Gasteiger partial charge in [0, 0.05) is 39.2 Å². The minimum atomic E-state index is -0.330. The first-order chi connectivity index (χ1) is 14.4. The zero-order valence-corrected chi connectivity index (χ0v) is 17.5. The molecule has 1 atom stereocenters. The number of nitrogens with one attached hydrogen (secondary N) is 1. The Labute approximate surface area is 176 Å². The first-order valence-corrected chi connectivity index (χ1v) is 10.2. The van der Waals surface area contributed by atoms with E-state index in [2.05, 4.69) is 10.5 Å². The molecule has 0 spiro atoms. The van der Waals surface area contributed by atoms with Gasteiger partial charge in [-0.2, -0.15) is 0 Å². The Bertz CT molecular complexity index is 880. The average Bonchev–Trinajstić information content (AvgIpc) is 3.11. The number of nitrogens with zero attached hydrogens (tertiary/aromatic N) is 3. The second-order valence-electron chi connectivity index (χ2n) is 7.54. The van der Waals surface area contributed by atoms with Crippen LogP contribution in [0.4, 0.5) is 0 Å². The number of rotatable bonds is 3. The Hall–Kier alpha value is -3.16. The summed E-state index contributed by atoms with van der Waals surface area (Å²) in [5.41, 5.74) is 1.65. The predicted octanol–water partition coefficient (Wildman–Crippen LogP) is 1.85. The Balaban J connectivity index is 1.74. The maximum atomic E-state index is 12.8. The number of carbonyl (C=O) groups excluding carboxylic acids is 3. The number of hydrogen-bond acceptors (Lipinski definition) is 5. The number of amides is 3. The standard InChI is InChI=1S/C22H28N4O4/c1-16-13-19(30-24-16)14-22(29)25-10-6-11-26(17(2)27)20(15-21(28)23-9-12-25)18-7-4-3-5-8-18/h3-5,7-8,13,20H,6,9-12,14-15H2,1-2H3,(H,23,28). The van der Waals surface area contributed by atoms with E-state index in [1.807, 2.05) is 30.3 Å². The summed E-state index contributed by atoms with van der Waals surface area (Å²) in [4.78, 5) is 41.1. The fourth-order valence-electron chi connectivity index (χ4n) is 3.75. The van der Waals surface area contributed by atoms with Crippen molar-refractivity contribution in [3.05, 3.63) is 53.4 Å². The lowest BCUT2D eigenvalue weighted by molar-refractivity contribution is -0.132. The van der Waals surface area contributed by atoms with Crippen molar-refractivity contribution in [3.8, 4) is 0 Å². The van der Waals surface area contributed by atoms with E-state index in [1.165, 1.54) is 6.92 Å². The Kier molecular flexibility index (Phi) is 7.21. The molecule has 1 saturated heterocycles. The average molecular weight is 412 g/mol. The monoisotopic (exact) mass is 412 g/mol. The van der Waals surface area contributed by atoms with Crippen LogP contribution in [0.25, 0.3) is 0 Å². The number of hydrogen-bond donors (Lipinski definition) is 1. The van der Waals surface area contributed by atoms with Crippen molar-refractivity contribution in [3.63, 3.8) is 0 Å². The molecule has 1 aliphatic heterocycles. The van der Waals surface area contributed by atoms with E-state index in [1.54, 1.807) is 22.8 Å². The lowest BCUT2D eigenvalue weighted by atomic mass is 10.0. The molecule has 1 aromatic carbocycles. The summed E-state index contributed by atoms with van der Waals surface area (Å²) in [5.74, 6) is 0.195. The highest BCUT2D eigenvalue weighted by Crippen LogP contribution is 2.25. The molecule has 2 heterocycles. The minimum absolute atomic E-state index is 0.0892. The highest BCUT2D eigenvalue weighted by Gasteiger charge is 2.27. The van der Waals surface area contributed by atoms with E-state index >= 15 is 0 Å². The molecule has 0 bridgehead atoms. The SMILES string of the molecule is CC(=O)N1CCCN(C(=O)Cc2cc(C)no2)CCNC(=O)CC1c1ccccc1. The van der Waals surface area contributed by atoms with Gasteiger partial charge in [-0.3, -0.25) is 14.4 Å². The molecule has 3 rings (SSSR count). The maximum absolute atomic E-state index is 12.8. The van der Waals surface area contributed by atoms with Gasteiger partial charge in [0.05, 0.1) is 24.6 Å². The van der Waals surface area contributed by atoms with Gasteiger partial charge in [-0.05, 0) is 18.9 Å². The molecule has 0 aliphatic carbocycles. The topological polar surface area (TPSA) is 95.8 Å². The summed E-state index contributed by atoms with van der Waals surface area (Å²) in [5, 5.41) is 6.70. The maximum Gasteiger partial charge on any atom is 0.230 e. The van der Waals surface area contributed by atoms with Crippen molar-refractivity contribution in [2.45, 2.75) is 39.2 Å². The summed E-state index contributed by atoms with van der Waals surface area (Å²) in [6.07, 6.45) is 0.936. The molecule has 3 amide bonds. The Morgan fingerprint density at radius 3 is 2.63 bits per heavy atom. The van der Waals surface area contributed by atoms with Crippen LogP contribution < -0.4 is 5.32 Å². The first-order valence-electron chi connectivity index (χ1n) is 10.2. The van der Waals surface area contributed by atoms with Crippen molar-refractivity contribution in [2.24, 2.45) is 0 Å². The third-order valence-electron chi connectivity index (χ3n) is 5.23. The predicted molar refractivity (Wildman–Crippen MR) is 110 cm³/mol. The van der Waals surface area contributed by atoms with Crippen molar-refractivity contribution < 1.29 is 18.9 Å². The van der Waals surface area contributed by atoms with Gasteiger partial charge < -0.3 is 19.6 Å². The van der Waals surface area contributed by atoms with E-state index in [9.17, 15) is 14.4 Å². The van der Waals surface area contributed by atoms with Crippen molar-refractivity contribution in [2.75, 3.05) is 26.2 Å². The lowest BCUT2D eigenvalue weighted by Gasteiger charge is -2.31. The number of carbonyl (C=O) groups is 3. The van der Waals surface area contributed by atoms with Crippen molar-refractivity contribution in [1.82, 2.24) is 20.3 Å². The lowest BCUT2D eigenvalue weighted by Crippen LogP contribution is -2.39. The largest absolute Gasteiger partial charge is 0.361 e. The summed E-state index contributed by atoms with van der Waals surface area (Å²) in [7, 11) is 0. The molecule has 1 unspecified atom stereocenters. The molecular formula is C22H28N4O4. The molecule has 2 aromatic rings. The number of benzene rings is 1. The molecule has 1 N–H and O–H groups in total. The molecule has 1 aromatic heterocycles. The quantitative estimate of drug-likeness (QED) is 0.830. The van der Waals surface area contributed by atoms with Crippen LogP contribution in [0.5, 0.6) is 0 Å². The summed E-state index contributed by atoms with van der Waals surface area (Å²) >= 11 is 0. The molecule has 1 fully saturated rings. The molecular weight excluding hydrogens is 384 g/mol. The van der Waals surface area contributed by atoms with Crippen LogP contribution >= 0.6 is 0 Å². The zero-order chi connectivity index (χ0) is 21.5. The fourth-order valence-corrected chi connectivity index (χ4v) is 3.75. The molecule has 30 heavy (non-hydrogen) atoms. The Morgan fingerprint density at radius 2 is 1.97 bits per heavy atom. The van der Waals surface area contributed by atoms with Crippen LogP contribution in [0.1, 0.15) is 42.8 Å². The molecule has 0 saturated carbocycles. The van der Waals surface area contributed by atoms with Gasteiger partial charge in [0.15, 0.2) is 0 Å². The molecule has 8 nitrogen and oxygen atoms in total. The van der Waals surface area contributed by atoms with E-state index in [0.717, 1.165) is 11.3 Å². The number of aromatic nitrogens is 1. The Morgan fingerprint density at radius 1 is 1.20 bits per heavy atom. The molecule has 8 heteroatoms. The van der Waals surface area contributed by atoms with Crippen LogP contribution in [0.15, 0.2) is 40.9 Å². The second kappa shape index (κ2) is 10.0. The third kappa shape index (κ3) is 5.68. The highest BCUT2D eigenvalue weighted by molar-refractivity contribution is 5.80. The van der Waals surface area contributed by atoms with Gasteiger partial charge in [0.2, 0.25) is 17.7 Å². The molecule has 1 aliphatic rings. The van der Waals surface area contributed by atoms with Crippen LogP contribution in [0.2, 0.25) is 0 Å². The first kappa shape index (κ1) is 21.5. The van der Waals surface area contributed by atoms with Crippen LogP contribution in [0.3, 0.4) is 0 Å². The van der Waals surface area contributed by atoms with Gasteiger partial charge in [-0.15, -0.1) is 0 Å². The van der Waals surface area contributed by atoms with Gasteiger partial charge in [-0.25, -0.2) is 0 Å². The van der Waals surface area contributed by atoms with E-state index in [-0.39, 0.29) is 36.6 Å². The molecule has 160 valence electrons. The van der Waals surface area contributed by atoms with Crippen LogP contribution in [-0.2, 0) is 20.8 Å². The summed E-state index contributed by atoms with van der Waals surface area (Å²) < 4.78 is 5.15. The smallest absolute Gasteiger partial charge is 0.230 e. The van der Waals surface area contributed by atoms with Crippen molar-refractivity contribution in [1.29, 1.82) is 0 Å². The second-order valence-corrected chi connectivity index (χ2v) is 7.54.